The van der Waals surface area contributed by atoms with Crippen molar-refractivity contribution in [3.05, 3.63) is 12.3 Å². The topological polar surface area (TPSA) is 54.5 Å². The van der Waals surface area contributed by atoms with E-state index >= 15 is 0 Å². The molecule has 0 bridgehead atoms. The Morgan fingerprint density at radius 3 is 2.44 bits per heavy atom. The molecule has 0 fully saturated rings. The van der Waals surface area contributed by atoms with Crippen molar-refractivity contribution in [2.45, 2.75) is 20.8 Å². The zero-order valence-electron chi connectivity index (χ0n) is 11.9. The van der Waals surface area contributed by atoms with E-state index in [2.05, 4.69) is 10.3 Å². The maximum atomic E-state index is 12.1. The first-order valence-electron chi connectivity index (χ1n) is 5.79. The molecule has 18 heavy (non-hydrogen) atoms. The maximum Gasteiger partial charge on any atom is 0.239 e. The number of aromatic nitrogens is 1. The number of amides is 1. The van der Waals surface area contributed by atoms with Gasteiger partial charge in [-0.1, -0.05) is 20.8 Å². The number of hydrogen-bond acceptors (Lipinski definition) is 4. The molecule has 0 aliphatic rings. The SMILES string of the molecule is COc1nccc(N(C)C)c1NC(=O)C(C)(C)C. The molecule has 1 N–H and O–H groups in total. The van der Waals surface area contributed by atoms with Crippen LogP contribution < -0.4 is 15.0 Å². The molecule has 100 valence electrons. The van der Waals surface area contributed by atoms with Gasteiger partial charge in [0, 0.05) is 25.7 Å². The fourth-order valence-electron chi connectivity index (χ4n) is 1.38. The summed E-state index contributed by atoms with van der Waals surface area (Å²) in [6.45, 7) is 5.58. The molecule has 0 radical (unpaired) electrons. The quantitative estimate of drug-likeness (QED) is 0.894. The molecular weight excluding hydrogens is 230 g/mol. The number of rotatable bonds is 3. The zero-order valence-corrected chi connectivity index (χ0v) is 11.9. The largest absolute Gasteiger partial charge is 0.479 e. The molecule has 1 rings (SSSR count). The molecule has 0 unspecified atom stereocenters. The van der Waals surface area contributed by atoms with Gasteiger partial charge < -0.3 is 15.0 Å². The average Bonchev–Trinajstić information content (AvgIpc) is 2.27. The minimum Gasteiger partial charge on any atom is -0.479 e. The van der Waals surface area contributed by atoms with Gasteiger partial charge in [-0.2, -0.15) is 0 Å². The minimum absolute atomic E-state index is 0.0723. The number of nitrogens with one attached hydrogen (secondary N) is 1. The van der Waals surface area contributed by atoms with E-state index in [-0.39, 0.29) is 5.91 Å². The van der Waals surface area contributed by atoms with Crippen molar-refractivity contribution in [2.75, 3.05) is 31.4 Å². The van der Waals surface area contributed by atoms with Crippen molar-refractivity contribution in [2.24, 2.45) is 5.41 Å². The molecule has 1 amide bonds. The number of methoxy groups -OCH3 is 1. The van der Waals surface area contributed by atoms with E-state index in [0.717, 1.165) is 5.69 Å². The normalized spacial score (nSPS) is 11.0. The van der Waals surface area contributed by atoms with Crippen molar-refractivity contribution >= 4 is 17.3 Å². The first kappa shape index (κ1) is 14.3. The molecule has 0 aliphatic heterocycles. The highest BCUT2D eigenvalue weighted by Crippen LogP contribution is 2.33. The molecule has 1 aromatic heterocycles. The third kappa shape index (κ3) is 3.12. The number of pyridine rings is 1. The molecule has 1 heterocycles. The Morgan fingerprint density at radius 1 is 1.39 bits per heavy atom. The number of ether oxygens (including phenoxy) is 1. The van der Waals surface area contributed by atoms with Crippen LogP contribution in [-0.2, 0) is 4.79 Å². The third-order valence-electron chi connectivity index (χ3n) is 2.49. The number of anilines is 2. The Labute approximate surface area is 108 Å². The van der Waals surface area contributed by atoms with E-state index in [9.17, 15) is 4.79 Å². The number of nitrogens with zero attached hydrogens (tertiary/aromatic N) is 2. The van der Waals surface area contributed by atoms with Crippen LogP contribution in [0.1, 0.15) is 20.8 Å². The van der Waals surface area contributed by atoms with Crippen LogP contribution in [0.25, 0.3) is 0 Å². The summed E-state index contributed by atoms with van der Waals surface area (Å²) in [5, 5.41) is 2.88. The van der Waals surface area contributed by atoms with E-state index in [1.54, 1.807) is 6.20 Å². The predicted molar refractivity (Wildman–Crippen MR) is 73.2 cm³/mol. The third-order valence-corrected chi connectivity index (χ3v) is 2.49. The summed E-state index contributed by atoms with van der Waals surface area (Å²) in [6, 6.07) is 1.83. The van der Waals surface area contributed by atoms with Crippen molar-refractivity contribution in [3.63, 3.8) is 0 Å². The first-order chi connectivity index (χ1) is 8.27. The van der Waals surface area contributed by atoms with Crippen LogP contribution in [0.2, 0.25) is 0 Å². The molecule has 1 aromatic rings. The fourth-order valence-corrected chi connectivity index (χ4v) is 1.38. The Balaban J connectivity index is 3.17. The molecule has 0 atom stereocenters. The Morgan fingerprint density at radius 2 is 2.00 bits per heavy atom. The maximum absolute atomic E-state index is 12.1. The molecule has 0 aliphatic carbocycles. The molecule has 0 spiro atoms. The van der Waals surface area contributed by atoms with E-state index in [1.807, 2.05) is 45.8 Å². The van der Waals surface area contributed by atoms with E-state index in [0.29, 0.717) is 11.6 Å². The first-order valence-corrected chi connectivity index (χ1v) is 5.79. The molecule has 0 aromatic carbocycles. The second kappa shape index (κ2) is 5.25. The van der Waals surface area contributed by atoms with E-state index in [1.165, 1.54) is 7.11 Å². The second-order valence-corrected chi connectivity index (χ2v) is 5.31. The smallest absolute Gasteiger partial charge is 0.239 e. The zero-order chi connectivity index (χ0) is 13.9. The highest BCUT2D eigenvalue weighted by Gasteiger charge is 2.24. The minimum atomic E-state index is -0.468. The van der Waals surface area contributed by atoms with Crippen LogP contribution in [-0.4, -0.2) is 32.1 Å². The Bertz CT molecular complexity index is 436. The summed E-state index contributed by atoms with van der Waals surface area (Å²) >= 11 is 0. The van der Waals surface area contributed by atoms with Crippen LogP contribution in [0.4, 0.5) is 11.4 Å². The van der Waals surface area contributed by atoms with Crippen molar-refractivity contribution in [1.82, 2.24) is 4.98 Å². The van der Waals surface area contributed by atoms with Crippen LogP contribution in [0.3, 0.4) is 0 Å². The second-order valence-electron chi connectivity index (χ2n) is 5.31. The summed E-state index contributed by atoms with van der Waals surface area (Å²) in [5.74, 6) is 0.343. The monoisotopic (exact) mass is 251 g/mol. The molecule has 0 saturated heterocycles. The summed E-state index contributed by atoms with van der Waals surface area (Å²) in [7, 11) is 5.34. The number of hydrogen-bond donors (Lipinski definition) is 1. The van der Waals surface area contributed by atoms with Crippen LogP contribution >= 0.6 is 0 Å². The van der Waals surface area contributed by atoms with E-state index in [4.69, 9.17) is 4.74 Å². The van der Waals surface area contributed by atoms with Gasteiger partial charge in [-0.3, -0.25) is 4.79 Å². The summed E-state index contributed by atoms with van der Waals surface area (Å²) < 4.78 is 5.20. The van der Waals surface area contributed by atoms with Crippen LogP contribution in [0.5, 0.6) is 5.88 Å². The van der Waals surface area contributed by atoms with E-state index < -0.39 is 5.41 Å². The van der Waals surface area contributed by atoms with Crippen molar-refractivity contribution in [3.8, 4) is 5.88 Å². The average molecular weight is 251 g/mol. The van der Waals surface area contributed by atoms with Crippen LogP contribution in [0.15, 0.2) is 12.3 Å². The highest BCUT2D eigenvalue weighted by atomic mass is 16.5. The Hall–Kier alpha value is -1.78. The number of carbonyl (C=O) groups excluding carboxylic acids is 1. The van der Waals surface area contributed by atoms with Crippen molar-refractivity contribution < 1.29 is 9.53 Å². The molecule has 5 heteroatoms. The lowest BCUT2D eigenvalue weighted by Crippen LogP contribution is -2.28. The highest BCUT2D eigenvalue weighted by molar-refractivity contribution is 5.98. The summed E-state index contributed by atoms with van der Waals surface area (Å²) in [5.41, 5.74) is 0.995. The Kier molecular flexibility index (Phi) is 4.16. The lowest BCUT2D eigenvalue weighted by Gasteiger charge is -2.23. The molecule has 0 saturated carbocycles. The lowest BCUT2D eigenvalue weighted by atomic mass is 9.95. The molecule has 5 nitrogen and oxygen atoms in total. The standard InChI is InChI=1S/C13H21N3O2/c1-13(2,3)12(17)15-10-9(16(4)5)7-8-14-11(10)18-6/h7-8H,1-6H3,(H,15,17). The predicted octanol–water partition coefficient (Wildman–Crippen LogP) is 2.14. The van der Waals surface area contributed by atoms with Gasteiger partial charge in [-0.25, -0.2) is 4.98 Å². The molecular formula is C13H21N3O2. The lowest BCUT2D eigenvalue weighted by molar-refractivity contribution is -0.123. The van der Waals surface area contributed by atoms with Crippen LogP contribution in [0, 0.1) is 5.41 Å². The van der Waals surface area contributed by atoms with Gasteiger partial charge in [0.25, 0.3) is 0 Å². The van der Waals surface area contributed by atoms with Gasteiger partial charge in [0.15, 0.2) is 0 Å². The summed E-state index contributed by atoms with van der Waals surface area (Å²) in [6.07, 6.45) is 1.65. The summed E-state index contributed by atoms with van der Waals surface area (Å²) in [4.78, 5) is 18.1. The van der Waals surface area contributed by atoms with Gasteiger partial charge in [0.1, 0.15) is 5.69 Å². The van der Waals surface area contributed by atoms with Crippen molar-refractivity contribution in [1.29, 1.82) is 0 Å². The number of carbonyl (C=O) groups is 1. The van der Waals surface area contributed by atoms with Gasteiger partial charge >= 0.3 is 0 Å². The van der Waals surface area contributed by atoms with Gasteiger partial charge in [-0.15, -0.1) is 0 Å². The fraction of sp³-hybridized carbons (Fsp3) is 0.538. The van der Waals surface area contributed by atoms with Gasteiger partial charge in [-0.05, 0) is 6.07 Å². The van der Waals surface area contributed by atoms with Gasteiger partial charge in [0.2, 0.25) is 11.8 Å². The van der Waals surface area contributed by atoms with Gasteiger partial charge in [0.05, 0.1) is 12.8 Å².